The number of hydrogen-bond acceptors (Lipinski definition) is 5. The monoisotopic (exact) mass is 276 g/mol. The van der Waals surface area contributed by atoms with Gasteiger partial charge in [0.1, 0.15) is 5.37 Å². The second-order valence-electron chi connectivity index (χ2n) is 4.24. The first-order chi connectivity index (χ1) is 9.31. The zero-order chi connectivity index (χ0) is 13.2. The summed E-state index contributed by atoms with van der Waals surface area (Å²) < 4.78 is 10.8. The average Bonchev–Trinajstić information content (AvgIpc) is 3.02. The third-order valence-corrected chi connectivity index (χ3v) is 4.36. The van der Waals surface area contributed by atoms with Crippen LogP contribution in [0.15, 0.2) is 18.2 Å². The van der Waals surface area contributed by atoms with Crippen LogP contribution in [0.1, 0.15) is 17.4 Å². The van der Waals surface area contributed by atoms with Gasteiger partial charge in [-0.3, -0.25) is 4.79 Å². The molecule has 0 spiro atoms. The molecule has 1 aromatic rings. The van der Waals surface area contributed by atoms with Crippen molar-refractivity contribution in [2.75, 3.05) is 19.1 Å². The number of nitriles is 1. The Morgan fingerprint density at radius 2 is 2.37 bits per heavy atom. The molecular formula is C13H12N2O3S. The van der Waals surface area contributed by atoms with Gasteiger partial charge in [-0.2, -0.15) is 5.26 Å². The van der Waals surface area contributed by atoms with Crippen molar-refractivity contribution in [1.82, 2.24) is 4.90 Å². The van der Waals surface area contributed by atoms with Crippen molar-refractivity contribution >= 4 is 17.7 Å². The van der Waals surface area contributed by atoms with Crippen molar-refractivity contribution in [3.63, 3.8) is 0 Å². The molecule has 0 bridgehead atoms. The summed E-state index contributed by atoms with van der Waals surface area (Å²) in [7, 11) is 0. The molecule has 0 saturated carbocycles. The van der Waals surface area contributed by atoms with E-state index in [1.807, 2.05) is 18.2 Å². The number of carbonyl (C=O) groups is 1. The van der Waals surface area contributed by atoms with Crippen LogP contribution in [-0.4, -0.2) is 29.9 Å². The molecule has 1 fully saturated rings. The lowest BCUT2D eigenvalue weighted by molar-refractivity contribution is -0.128. The van der Waals surface area contributed by atoms with Crippen LogP contribution in [0.5, 0.6) is 11.5 Å². The number of para-hydroxylation sites is 1. The molecule has 0 aromatic heterocycles. The average molecular weight is 276 g/mol. The van der Waals surface area contributed by atoms with Gasteiger partial charge in [-0.1, -0.05) is 12.1 Å². The van der Waals surface area contributed by atoms with E-state index in [1.165, 1.54) is 0 Å². The molecule has 0 aliphatic carbocycles. The summed E-state index contributed by atoms with van der Waals surface area (Å²) in [6.45, 7) is 0.674. The molecule has 1 aromatic carbocycles. The summed E-state index contributed by atoms with van der Waals surface area (Å²) >= 11 is 1.56. The number of thioether (sulfide) groups is 1. The largest absolute Gasteiger partial charge is 0.454 e. The normalized spacial score (nSPS) is 20.7. The molecule has 19 heavy (non-hydrogen) atoms. The van der Waals surface area contributed by atoms with Gasteiger partial charge in [0.2, 0.25) is 12.7 Å². The molecule has 0 N–H and O–H groups in total. The van der Waals surface area contributed by atoms with E-state index < -0.39 is 0 Å². The SMILES string of the molecule is N#CCCN1C(=O)CSC1c1cccc2c1OCO2. The quantitative estimate of drug-likeness (QED) is 0.843. The predicted molar refractivity (Wildman–Crippen MR) is 69.7 cm³/mol. The molecule has 98 valence electrons. The Hall–Kier alpha value is -1.87. The van der Waals surface area contributed by atoms with Crippen LogP contribution in [0.4, 0.5) is 0 Å². The fraction of sp³-hybridized carbons (Fsp3) is 0.385. The lowest BCUT2D eigenvalue weighted by atomic mass is 10.1. The Bertz CT molecular complexity index is 555. The lowest BCUT2D eigenvalue weighted by Gasteiger charge is -2.23. The highest BCUT2D eigenvalue weighted by Crippen LogP contribution is 2.46. The van der Waals surface area contributed by atoms with E-state index in [4.69, 9.17) is 14.7 Å². The van der Waals surface area contributed by atoms with Gasteiger partial charge in [0.05, 0.1) is 18.2 Å². The highest BCUT2D eigenvalue weighted by Gasteiger charge is 2.35. The van der Waals surface area contributed by atoms with Crippen LogP contribution in [-0.2, 0) is 4.79 Å². The van der Waals surface area contributed by atoms with Crippen LogP contribution in [0.25, 0.3) is 0 Å². The van der Waals surface area contributed by atoms with E-state index in [1.54, 1.807) is 16.7 Å². The molecule has 1 unspecified atom stereocenters. The molecular weight excluding hydrogens is 264 g/mol. The van der Waals surface area contributed by atoms with Gasteiger partial charge in [-0.05, 0) is 6.07 Å². The minimum absolute atomic E-state index is 0.0711. The van der Waals surface area contributed by atoms with Gasteiger partial charge in [0.15, 0.2) is 11.5 Å². The van der Waals surface area contributed by atoms with Gasteiger partial charge >= 0.3 is 0 Å². The Labute approximate surface area is 115 Å². The van der Waals surface area contributed by atoms with E-state index in [2.05, 4.69) is 6.07 Å². The molecule has 1 saturated heterocycles. The van der Waals surface area contributed by atoms with E-state index in [-0.39, 0.29) is 18.1 Å². The molecule has 2 heterocycles. The zero-order valence-corrected chi connectivity index (χ0v) is 11.0. The maximum atomic E-state index is 11.9. The van der Waals surface area contributed by atoms with Gasteiger partial charge < -0.3 is 14.4 Å². The van der Waals surface area contributed by atoms with Crippen LogP contribution >= 0.6 is 11.8 Å². The maximum Gasteiger partial charge on any atom is 0.233 e. The smallest absolute Gasteiger partial charge is 0.233 e. The third-order valence-electron chi connectivity index (χ3n) is 3.13. The van der Waals surface area contributed by atoms with Crippen molar-refractivity contribution < 1.29 is 14.3 Å². The number of fused-ring (bicyclic) bond motifs is 1. The maximum absolute atomic E-state index is 11.9. The topological polar surface area (TPSA) is 62.6 Å². The number of benzene rings is 1. The summed E-state index contributed by atoms with van der Waals surface area (Å²) in [5, 5.41) is 8.60. The number of hydrogen-bond donors (Lipinski definition) is 0. The second-order valence-corrected chi connectivity index (χ2v) is 5.31. The fourth-order valence-corrected chi connectivity index (χ4v) is 3.51. The van der Waals surface area contributed by atoms with Gasteiger partial charge in [0, 0.05) is 12.1 Å². The molecule has 3 rings (SSSR count). The van der Waals surface area contributed by atoms with E-state index >= 15 is 0 Å². The molecule has 6 heteroatoms. The molecule has 1 atom stereocenters. The highest BCUT2D eigenvalue weighted by molar-refractivity contribution is 8.00. The minimum atomic E-state index is -0.0856. The lowest BCUT2D eigenvalue weighted by Crippen LogP contribution is -2.29. The van der Waals surface area contributed by atoms with Crippen molar-refractivity contribution in [3.05, 3.63) is 23.8 Å². The van der Waals surface area contributed by atoms with Gasteiger partial charge in [0.25, 0.3) is 0 Å². The summed E-state index contributed by atoms with van der Waals surface area (Å²) in [6, 6.07) is 7.78. The molecule has 2 aliphatic heterocycles. The summed E-state index contributed by atoms with van der Waals surface area (Å²) in [5.74, 6) is 1.96. The molecule has 0 radical (unpaired) electrons. The number of ether oxygens (including phenoxy) is 2. The number of carbonyl (C=O) groups excluding carboxylic acids is 1. The molecule has 2 aliphatic rings. The fourth-order valence-electron chi connectivity index (χ4n) is 2.27. The first kappa shape index (κ1) is 12.2. The minimum Gasteiger partial charge on any atom is -0.454 e. The number of nitrogens with zero attached hydrogens (tertiary/aromatic N) is 2. The zero-order valence-electron chi connectivity index (χ0n) is 10.2. The third kappa shape index (κ3) is 2.10. The Balaban J connectivity index is 1.91. The summed E-state index contributed by atoms with van der Waals surface area (Å²) in [4.78, 5) is 13.6. The Kier molecular flexibility index (Phi) is 3.22. The van der Waals surface area contributed by atoms with Crippen LogP contribution in [0.3, 0.4) is 0 Å². The highest BCUT2D eigenvalue weighted by atomic mass is 32.2. The standard InChI is InChI=1S/C13H12N2O3S/c14-5-2-6-15-11(16)7-19-13(15)9-3-1-4-10-12(9)18-8-17-10/h1,3-4,13H,2,6-8H2. The van der Waals surface area contributed by atoms with E-state index in [0.717, 1.165) is 17.1 Å². The second kappa shape index (κ2) is 5.02. The molecule has 5 nitrogen and oxygen atoms in total. The number of amides is 1. The Morgan fingerprint density at radius 1 is 1.47 bits per heavy atom. The summed E-state index contributed by atoms with van der Waals surface area (Å²) in [5.41, 5.74) is 0.948. The van der Waals surface area contributed by atoms with E-state index in [0.29, 0.717) is 18.7 Å². The first-order valence-corrected chi connectivity index (χ1v) is 7.02. The van der Waals surface area contributed by atoms with Crippen LogP contribution in [0.2, 0.25) is 0 Å². The van der Waals surface area contributed by atoms with Crippen LogP contribution in [0, 0.1) is 11.3 Å². The van der Waals surface area contributed by atoms with Gasteiger partial charge in [-0.15, -0.1) is 11.8 Å². The predicted octanol–water partition coefficient (Wildman–Crippen LogP) is 1.90. The van der Waals surface area contributed by atoms with E-state index in [9.17, 15) is 4.79 Å². The van der Waals surface area contributed by atoms with Crippen LogP contribution < -0.4 is 9.47 Å². The Morgan fingerprint density at radius 3 is 3.21 bits per heavy atom. The van der Waals surface area contributed by atoms with Crippen molar-refractivity contribution in [3.8, 4) is 17.6 Å². The van der Waals surface area contributed by atoms with Crippen molar-refractivity contribution in [1.29, 1.82) is 5.26 Å². The number of rotatable bonds is 3. The van der Waals surface area contributed by atoms with Crippen molar-refractivity contribution in [2.24, 2.45) is 0 Å². The molecule has 1 amide bonds. The van der Waals surface area contributed by atoms with Crippen molar-refractivity contribution in [2.45, 2.75) is 11.8 Å². The first-order valence-electron chi connectivity index (χ1n) is 5.98. The summed E-state index contributed by atoms with van der Waals surface area (Å²) in [6.07, 6.45) is 0.342. The van der Waals surface area contributed by atoms with Gasteiger partial charge in [-0.25, -0.2) is 0 Å².